The van der Waals surface area contributed by atoms with Gasteiger partial charge < -0.3 is 9.57 Å². The molecule has 1 aliphatic rings. The lowest BCUT2D eigenvalue weighted by atomic mass is 10.0. The van der Waals surface area contributed by atoms with Gasteiger partial charge in [0.15, 0.2) is 0 Å². The van der Waals surface area contributed by atoms with Crippen LogP contribution in [-0.2, 0) is 9.57 Å². The number of hydrogen-bond donors (Lipinski definition) is 0. The van der Waals surface area contributed by atoms with Gasteiger partial charge in [0.25, 0.3) is 0 Å². The number of oxime groups is 1. The predicted octanol–water partition coefficient (Wildman–Crippen LogP) is 3.55. The summed E-state index contributed by atoms with van der Waals surface area (Å²) < 4.78 is 4.68. The van der Waals surface area contributed by atoms with Crippen molar-refractivity contribution in [3.8, 4) is 0 Å². The Hall–Kier alpha value is -1.84. The van der Waals surface area contributed by atoms with Crippen molar-refractivity contribution in [3.05, 3.63) is 35.4 Å². The molecule has 2 rings (SSSR count). The lowest BCUT2D eigenvalue weighted by molar-refractivity contribution is 0.0600. The number of methoxy groups -OCH3 is 1. The average Bonchev–Trinajstić information content (AvgIpc) is 2.96. The van der Waals surface area contributed by atoms with Crippen LogP contribution in [0.15, 0.2) is 29.4 Å². The fraction of sp³-hybridized carbons (Fsp3) is 0.500. The molecule has 0 aliphatic carbocycles. The normalized spacial score (nSPS) is 17.5. The fourth-order valence-electron chi connectivity index (χ4n) is 2.29. The number of carbonyl (C=O) groups is 1. The van der Waals surface area contributed by atoms with E-state index in [9.17, 15) is 4.79 Å². The molecule has 1 aromatic carbocycles. The van der Waals surface area contributed by atoms with Crippen LogP contribution in [0.4, 0.5) is 0 Å². The Kier molecular flexibility index (Phi) is 5.16. The Morgan fingerprint density at radius 1 is 1.35 bits per heavy atom. The van der Waals surface area contributed by atoms with Crippen molar-refractivity contribution in [2.75, 3.05) is 7.11 Å². The lowest BCUT2D eigenvalue weighted by Gasteiger charge is -2.06. The van der Waals surface area contributed by atoms with Crippen molar-refractivity contribution in [1.82, 2.24) is 0 Å². The van der Waals surface area contributed by atoms with E-state index in [0.29, 0.717) is 5.56 Å². The van der Waals surface area contributed by atoms with E-state index in [2.05, 4.69) is 16.8 Å². The second kappa shape index (κ2) is 7.08. The van der Waals surface area contributed by atoms with Crippen LogP contribution >= 0.6 is 0 Å². The van der Waals surface area contributed by atoms with E-state index in [-0.39, 0.29) is 12.1 Å². The van der Waals surface area contributed by atoms with Gasteiger partial charge in [0, 0.05) is 6.42 Å². The molecule has 0 spiro atoms. The molecule has 0 N–H and O–H groups in total. The van der Waals surface area contributed by atoms with Crippen LogP contribution < -0.4 is 0 Å². The van der Waals surface area contributed by atoms with Crippen LogP contribution in [0.3, 0.4) is 0 Å². The van der Waals surface area contributed by atoms with Crippen molar-refractivity contribution >= 4 is 11.7 Å². The van der Waals surface area contributed by atoms with Crippen molar-refractivity contribution < 1.29 is 14.4 Å². The van der Waals surface area contributed by atoms with Crippen molar-refractivity contribution in [1.29, 1.82) is 0 Å². The third-order valence-electron chi connectivity index (χ3n) is 3.50. The van der Waals surface area contributed by atoms with E-state index in [4.69, 9.17) is 4.84 Å². The molecule has 0 unspecified atom stereocenters. The number of hydrogen-bond acceptors (Lipinski definition) is 4. The van der Waals surface area contributed by atoms with Gasteiger partial charge in [0.2, 0.25) is 0 Å². The van der Waals surface area contributed by atoms with Crippen LogP contribution in [-0.4, -0.2) is 24.9 Å². The molecular weight excluding hydrogens is 254 g/mol. The number of nitrogens with zero attached hydrogens (tertiary/aromatic N) is 1. The summed E-state index contributed by atoms with van der Waals surface area (Å²) in [6, 6.07) is 7.30. The number of ether oxygens (including phenoxy) is 1. The summed E-state index contributed by atoms with van der Waals surface area (Å²) in [6.07, 6.45) is 5.75. The van der Waals surface area contributed by atoms with Crippen molar-refractivity contribution in [3.63, 3.8) is 0 Å². The molecule has 0 aromatic heterocycles. The number of benzene rings is 1. The molecule has 108 valence electrons. The standard InChI is InChI=1S/C16H21NO3/c1-3-4-5-6-14-11-15(17-20-14)12-7-9-13(10-8-12)16(18)19-2/h7-10,14H,3-6,11H2,1-2H3/t14-/m0/s1. The molecule has 20 heavy (non-hydrogen) atoms. The third-order valence-corrected chi connectivity index (χ3v) is 3.50. The molecule has 0 fully saturated rings. The second-order valence-electron chi connectivity index (χ2n) is 5.03. The summed E-state index contributed by atoms with van der Waals surface area (Å²) in [4.78, 5) is 16.8. The molecule has 0 bridgehead atoms. The summed E-state index contributed by atoms with van der Waals surface area (Å²) in [7, 11) is 1.38. The maximum absolute atomic E-state index is 11.4. The van der Waals surface area contributed by atoms with Crippen LogP contribution in [0.5, 0.6) is 0 Å². The minimum absolute atomic E-state index is 0.205. The molecule has 4 heteroatoms. The predicted molar refractivity (Wildman–Crippen MR) is 78.0 cm³/mol. The van der Waals surface area contributed by atoms with E-state index < -0.39 is 0 Å². The SMILES string of the molecule is CCCCC[C@H]1CC(c2ccc(C(=O)OC)cc2)=NO1. The molecule has 0 radical (unpaired) electrons. The number of carbonyl (C=O) groups excluding carboxylic acids is 1. The second-order valence-corrected chi connectivity index (χ2v) is 5.03. The Labute approximate surface area is 119 Å². The number of esters is 1. The zero-order valence-corrected chi connectivity index (χ0v) is 12.1. The first kappa shape index (κ1) is 14.6. The fourth-order valence-corrected chi connectivity index (χ4v) is 2.29. The quantitative estimate of drug-likeness (QED) is 0.589. The van der Waals surface area contributed by atoms with Crippen LogP contribution in [0.1, 0.15) is 54.9 Å². The molecular formula is C16H21NO3. The summed E-state index contributed by atoms with van der Waals surface area (Å²) >= 11 is 0. The Balaban J connectivity index is 1.91. The Bertz CT molecular complexity index is 479. The van der Waals surface area contributed by atoms with Gasteiger partial charge in [0.1, 0.15) is 6.10 Å². The summed E-state index contributed by atoms with van der Waals surface area (Å²) in [5.74, 6) is -0.321. The zero-order valence-electron chi connectivity index (χ0n) is 12.1. The van der Waals surface area contributed by atoms with Crippen LogP contribution in [0, 0.1) is 0 Å². The minimum Gasteiger partial charge on any atom is -0.465 e. The molecule has 1 atom stereocenters. The molecule has 1 aromatic rings. The summed E-state index contributed by atoms with van der Waals surface area (Å²) in [5.41, 5.74) is 2.52. The van der Waals surface area contributed by atoms with E-state index in [1.54, 1.807) is 12.1 Å². The van der Waals surface area contributed by atoms with Crippen molar-refractivity contribution in [2.45, 2.75) is 45.1 Å². The lowest BCUT2D eigenvalue weighted by Crippen LogP contribution is -2.08. The van der Waals surface area contributed by atoms with Crippen LogP contribution in [0.25, 0.3) is 0 Å². The van der Waals surface area contributed by atoms with Gasteiger partial charge in [0.05, 0.1) is 18.4 Å². The van der Waals surface area contributed by atoms with Gasteiger partial charge in [-0.1, -0.05) is 37.1 Å². The first-order valence-electron chi connectivity index (χ1n) is 7.16. The zero-order chi connectivity index (χ0) is 14.4. The summed E-state index contributed by atoms with van der Waals surface area (Å²) in [5, 5.41) is 4.16. The molecule has 0 saturated heterocycles. The van der Waals surface area contributed by atoms with E-state index in [0.717, 1.165) is 24.1 Å². The molecule has 1 heterocycles. The topological polar surface area (TPSA) is 47.9 Å². The number of unbranched alkanes of at least 4 members (excludes halogenated alkanes) is 2. The van der Waals surface area contributed by atoms with Gasteiger partial charge in [-0.15, -0.1) is 0 Å². The highest BCUT2D eigenvalue weighted by atomic mass is 16.6. The summed E-state index contributed by atoms with van der Waals surface area (Å²) in [6.45, 7) is 2.19. The average molecular weight is 275 g/mol. The van der Waals surface area contributed by atoms with Gasteiger partial charge in [-0.2, -0.15) is 0 Å². The third kappa shape index (κ3) is 3.59. The largest absolute Gasteiger partial charge is 0.465 e. The highest BCUT2D eigenvalue weighted by Gasteiger charge is 2.21. The van der Waals surface area contributed by atoms with E-state index in [1.165, 1.54) is 26.4 Å². The van der Waals surface area contributed by atoms with Gasteiger partial charge in [-0.05, 0) is 30.5 Å². The monoisotopic (exact) mass is 275 g/mol. The Morgan fingerprint density at radius 3 is 2.75 bits per heavy atom. The minimum atomic E-state index is -0.321. The van der Waals surface area contributed by atoms with Gasteiger partial charge in [-0.25, -0.2) is 4.79 Å². The molecule has 0 saturated carbocycles. The number of rotatable bonds is 6. The van der Waals surface area contributed by atoms with Crippen molar-refractivity contribution in [2.24, 2.45) is 5.16 Å². The molecule has 4 nitrogen and oxygen atoms in total. The first-order chi connectivity index (χ1) is 9.74. The maximum atomic E-state index is 11.4. The van der Waals surface area contributed by atoms with Crippen LogP contribution in [0.2, 0.25) is 0 Å². The maximum Gasteiger partial charge on any atom is 0.337 e. The Morgan fingerprint density at radius 2 is 2.10 bits per heavy atom. The van der Waals surface area contributed by atoms with Gasteiger partial charge in [-0.3, -0.25) is 0 Å². The first-order valence-corrected chi connectivity index (χ1v) is 7.16. The van der Waals surface area contributed by atoms with Gasteiger partial charge >= 0.3 is 5.97 Å². The molecule has 0 amide bonds. The molecule has 1 aliphatic heterocycles. The van der Waals surface area contributed by atoms with E-state index in [1.807, 2.05) is 12.1 Å². The smallest absolute Gasteiger partial charge is 0.337 e. The highest BCUT2D eigenvalue weighted by Crippen LogP contribution is 2.21. The highest BCUT2D eigenvalue weighted by molar-refractivity contribution is 6.02. The van der Waals surface area contributed by atoms with E-state index >= 15 is 0 Å².